The fraction of sp³-hybridized carbons (Fsp3) is 0.391. The maximum absolute atomic E-state index is 14.0. The fourth-order valence-electron chi connectivity index (χ4n) is 3.77. The smallest absolute Gasteiger partial charge is 0.191 e. The zero-order valence-electron chi connectivity index (χ0n) is 18.7. The van der Waals surface area contributed by atoms with Gasteiger partial charge in [0.15, 0.2) is 29.1 Å². The fourth-order valence-corrected chi connectivity index (χ4v) is 3.77. The molecule has 1 atom stereocenters. The van der Waals surface area contributed by atoms with Crippen molar-refractivity contribution in [3.63, 3.8) is 0 Å². The van der Waals surface area contributed by atoms with Gasteiger partial charge in [0.2, 0.25) is 0 Å². The number of allylic oxidation sites excluding steroid dienone is 1. The van der Waals surface area contributed by atoms with Gasteiger partial charge in [0, 0.05) is 44.5 Å². The summed E-state index contributed by atoms with van der Waals surface area (Å²) in [5, 5.41) is 6.77. The predicted molar refractivity (Wildman–Crippen MR) is 137 cm³/mol. The lowest BCUT2D eigenvalue weighted by molar-refractivity contribution is 0.352. The van der Waals surface area contributed by atoms with Crippen molar-refractivity contribution in [3.8, 4) is 11.5 Å². The molecule has 1 aliphatic heterocycles. The molecular weight excluding hydrogens is 524 g/mol. The van der Waals surface area contributed by atoms with E-state index in [9.17, 15) is 4.39 Å². The highest BCUT2D eigenvalue weighted by atomic mass is 127. The van der Waals surface area contributed by atoms with Crippen LogP contribution in [0.1, 0.15) is 17.5 Å². The Morgan fingerprint density at radius 3 is 2.84 bits per heavy atom. The van der Waals surface area contributed by atoms with Crippen molar-refractivity contribution in [1.29, 1.82) is 0 Å². The molecule has 3 rings (SSSR count). The summed E-state index contributed by atoms with van der Waals surface area (Å²) in [5.41, 5.74) is 2.06. The van der Waals surface area contributed by atoms with Crippen molar-refractivity contribution in [2.24, 2.45) is 4.99 Å². The molecule has 1 aromatic heterocycles. The second-order valence-electron chi connectivity index (χ2n) is 7.29. The van der Waals surface area contributed by atoms with Gasteiger partial charge < -0.3 is 25.0 Å². The zero-order chi connectivity index (χ0) is 22.2. The summed E-state index contributed by atoms with van der Waals surface area (Å²) in [7, 11) is 5.00. The minimum atomic E-state index is -0.297. The van der Waals surface area contributed by atoms with Crippen LogP contribution in [0.4, 0.5) is 10.2 Å². The van der Waals surface area contributed by atoms with Gasteiger partial charge in [0.05, 0.1) is 14.2 Å². The Kier molecular flexibility index (Phi) is 10.0. The molecule has 1 aromatic carbocycles. The van der Waals surface area contributed by atoms with Gasteiger partial charge in [-0.1, -0.05) is 6.08 Å². The molecule has 7 nitrogen and oxygen atoms in total. The summed E-state index contributed by atoms with van der Waals surface area (Å²) in [5.74, 6) is 2.20. The zero-order valence-corrected chi connectivity index (χ0v) is 21.1. The van der Waals surface area contributed by atoms with Gasteiger partial charge >= 0.3 is 0 Å². The molecule has 0 bridgehead atoms. The van der Waals surface area contributed by atoms with Crippen LogP contribution in [0.5, 0.6) is 11.5 Å². The van der Waals surface area contributed by atoms with E-state index in [1.807, 2.05) is 17.0 Å². The van der Waals surface area contributed by atoms with E-state index < -0.39 is 0 Å². The van der Waals surface area contributed by atoms with Crippen LogP contribution in [0, 0.1) is 5.82 Å². The summed E-state index contributed by atoms with van der Waals surface area (Å²) < 4.78 is 25.0. The lowest BCUT2D eigenvalue weighted by atomic mass is 10.1. The molecule has 2 aromatic rings. The van der Waals surface area contributed by atoms with Crippen molar-refractivity contribution >= 4 is 35.8 Å². The number of nitrogens with zero attached hydrogens (tertiary/aromatic N) is 3. The van der Waals surface area contributed by atoms with E-state index in [2.05, 4.69) is 33.3 Å². The molecule has 1 unspecified atom stereocenters. The van der Waals surface area contributed by atoms with E-state index in [-0.39, 0.29) is 35.8 Å². The number of guanidine groups is 1. The van der Waals surface area contributed by atoms with E-state index in [0.29, 0.717) is 37.0 Å². The molecule has 1 saturated heterocycles. The number of halogens is 2. The predicted octanol–water partition coefficient (Wildman–Crippen LogP) is 3.53. The van der Waals surface area contributed by atoms with E-state index in [4.69, 9.17) is 9.47 Å². The van der Waals surface area contributed by atoms with E-state index >= 15 is 0 Å². The third-order valence-corrected chi connectivity index (χ3v) is 5.23. The van der Waals surface area contributed by atoms with Crippen LogP contribution in [-0.2, 0) is 13.0 Å². The van der Waals surface area contributed by atoms with Gasteiger partial charge in [0.25, 0.3) is 0 Å². The normalized spacial score (nSPS) is 15.7. The molecule has 9 heteroatoms. The molecule has 1 aliphatic rings. The first-order valence-corrected chi connectivity index (χ1v) is 10.3. The number of pyridine rings is 1. The van der Waals surface area contributed by atoms with Crippen molar-refractivity contribution in [2.75, 3.05) is 39.3 Å². The van der Waals surface area contributed by atoms with E-state index in [1.54, 1.807) is 33.5 Å². The Balaban J connectivity index is 0.00000363. The number of aliphatic imine (C=N–C) groups is 1. The van der Waals surface area contributed by atoms with Gasteiger partial charge in [-0.05, 0) is 42.7 Å². The third-order valence-electron chi connectivity index (χ3n) is 5.23. The summed E-state index contributed by atoms with van der Waals surface area (Å²) in [6, 6.07) is 7.21. The van der Waals surface area contributed by atoms with Gasteiger partial charge in [-0.25, -0.2) is 9.37 Å². The summed E-state index contributed by atoms with van der Waals surface area (Å²) in [6.45, 7) is 5.79. The number of ether oxygens (including phenoxy) is 2. The van der Waals surface area contributed by atoms with Crippen LogP contribution < -0.4 is 25.0 Å². The minimum absolute atomic E-state index is 0. The van der Waals surface area contributed by atoms with Gasteiger partial charge in [0.1, 0.15) is 0 Å². The molecule has 1 fully saturated rings. The highest BCUT2D eigenvalue weighted by molar-refractivity contribution is 14.0. The maximum atomic E-state index is 14.0. The second kappa shape index (κ2) is 12.5. The molecule has 2 N–H and O–H groups in total. The lowest BCUT2D eigenvalue weighted by Crippen LogP contribution is -2.44. The largest absolute Gasteiger partial charge is 0.493 e. The Labute approximate surface area is 206 Å². The first-order valence-electron chi connectivity index (χ1n) is 10.3. The third kappa shape index (κ3) is 6.24. The first-order chi connectivity index (χ1) is 15.1. The first kappa shape index (κ1) is 25.7. The highest BCUT2D eigenvalue weighted by Crippen LogP contribution is 2.33. The van der Waals surface area contributed by atoms with Crippen molar-refractivity contribution < 1.29 is 13.9 Å². The standard InChI is InChI=1S/C23H30FN5O2.HI/c1-5-7-17-12-16(13-20(30-3)21(17)31-4)14-27-23(25-2)28-18-9-11-29(15-18)22-19(24)8-6-10-26-22;/h5-6,8,10,12-13,18H,1,7,9,11,14-15H2,2-4H3,(H2,25,27,28);1H. The summed E-state index contributed by atoms with van der Waals surface area (Å²) in [4.78, 5) is 10.5. The van der Waals surface area contributed by atoms with Gasteiger partial charge in [-0.15, -0.1) is 30.6 Å². The molecule has 0 saturated carbocycles. The average Bonchev–Trinajstić information content (AvgIpc) is 3.25. The number of rotatable bonds is 8. The van der Waals surface area contributed by atoms with Crippen LogP contribution in [0.25, 0.3) is 0 Å². The molecule has 0 radical (unpaired) electrons. The van der Waals surface area contributed by atoms with Gasteiger partial charge in [-0.2, -0.15) is 0 Å². The number of methoxy groups -OCH3 is 2. The van der Waals surface area contributed by atoms with Crippen LogP contribution in [-0.4, -0.2) is 51.3 Å². The average molecular weight is 555 g/mol. The number of benzene rings is 1. The molecule has 0 amide bonds. The van der Waals surface area contributed by atoms with E-state index in [1.165, 1.54) is 6.07 Å². The van der Waals surface area contributed by atoms with Crippen molar-refractivity contribution in [2.45, 2.75) is 25.4 Å². The number of hydrogen-bond donors (Lipinski definition) is 2. The lowest BCUT2D eigenvalue weighted by Gasteiger charge is -2.20. The van der Waals surface area contributed by atoms with Gasteiger partial charge in [-0.3, -0.25) is 4.99 Å². The summed E-state index contributed by atoms with van der Waals surface area (Å²) in [6.07, 6.45) is 5.01. The number of aromatic nitrogens is 1. The Morgan fingerprint density at radius 2 is 2.19 bits per heavy atom. The van der Waals surface area contributed by atoms with Crippen LogP contribution >= 0.6 is 24.0 Å². The monoisotopic (exact) mass is 555 g/mol. The molecule has 0 aliphatic carbocycles. The minimum Gasteiger partial charge on any atom is -0.493 e. The van der Waals surface area contributed by atoms with Crippen LogP contribution in [0.2, 0.25) is 0 Å². The van der Waals surface area contributed by atoms with Crippen molar-refractivity contribution in [1.82, 2.24) is 15.6 Å². The Bertz CT molecular complexity index is 941. The topological polar surface area (TPSA) is 71.0 Å². The number of anilines is 1. The highest BCUT2D eigenvalue weighted by Gasteiger charge is 2.26. The SMILES string of the molecule is C=CCc1cc(CNC(=NC)NC2CCN(c3ncccc3F)C2)cc(OC)c1OC.I. The Morgan fingerprint density at radius 1 is 1.38 bits per heavy atom. The second-order valence-corrected chi connectivity index (χ2v) is 7.29. The maximum Gasteiger partial charge on any atom is 0.191 e. The molecular formula is C23H31FIN5O2. The quantitative estimate of drug-likeness (QED) is 0.225. The van der Waals surface area contributed by atoms with Crippen LogP contribution in [0.15, 0.2) is 48.1 Å². The molecule has 32 heavy (non-hydrogen) atoms. The number of hydrogen-bond acceptors (Lipinski definition) is 5. The Hall–Kier alpha value is -2.56. The molecule has 0 spiro atoms. The van der Waals surface area contributed by atoms with E-state index in [0.717, 1.165) is 29.8 Å². The molecule has 174 valence electrons. The van der Waals surface area contributed by atoms with Crippen molar-refractivity contribution in [3.05, 3.63) is 60.1 Å². The molecule has 2 heterocycles. The van der Waals surface area contributed by atoms with Crippen LogP contribution in [0.3, 0.4) is 0 Å². The number of nitrogens with one attached hydrogen (secondary N) is 2. The summed E-state index contributed by atoms with van der Waals surface area (Å²) >= 11 is 0.